The van der Waals surface area contributed by atoms with Crippen LogP contribution in [0.15, 0.2) is 54.6 Å². The van der Waals surface area contributed by atoms with E-state index in [1.54, 1.807) is 45.6 Å². The maximum atomic E-state index is 13.2. The van der Waals surface area contributed by atoms with Crippen LogP contribution in [0, 0.1) is 0 Å². The average Bonchev–Trinajstić information content (AvgIpc) is 2.94. The first-order valence-corrected chi connectivity index (χ1v) is 12.7. The minimum absolute atomic E-state index is 0. The number of hydrogen-bond acceptors (Lipinski definition) is 6. The predicted octanol–water partition coefficient (Wildman–Crippen LogP) is 0.574. The zero-order valence-corrected chi connectivity index (χ0v) is 22.9. The Morgan fingerprint density at radius 2 is 1.58 bits per heavy atom. The normalized spacial score (nSPS) is 14.6. The lowest BCUT2D eigenvalue weighted by atomic mass is 10.00. The van der Waals surface area contributed by atoms with Gasteiger partial charge in [-0.2, -0.15) is 0 Å². The Hall–Kier alpha value is -3.26. The lowest BCUT2D eigenvalue weighted by Gasteiger charge is -2.25. The molecule has 1 heterocycles. The number of nitrogens with one attached hydrogen (secondary N) is 1. The van der Waals surface area contributed by atoms with Gasteiger partial charge in [-0.3, -0.25) is 4.79 Å². The summed E-state index contributed by atoms with van der Waals surface area (Å²) in [7, 11) is 4.66. The summed E-state index contributed by atoms with van der Waals surface area (Å²) in [5.74, 6) is 2.06. The van der Waals surface area contributed by atoms with Crippen LogP contribution in [-0.4, -0.2) is 64.6 Å². The molecule has 1 aliphatic heterocycles. The van der Waals surface area contributed by atoms with E-state index < -0.39 is 6.10 Å². The van der Waals surface area contributed by atoms with Crippen molar-refractivity contribution >= 4 is 22.6 Å². The fraction of sp³-hybridized carbons (Fsp3) is 0.367. The molecule has 7 nitrogen and oxygen atoms in total. The fourth-order valence-electron chi connectivity index (χ4n) is 4.91. The van der Waals surface area contributed by atoms with Crippen LogP contribution in [0.3, 0.4) is 0 Å². The van der Waals surface area contributed by atoms with Crippen molar-refractivity contribution in [1.29, 1.82) is 0 Å². The van der Waals surface area contributed by atoms with Crippen LogP contribution < -0.4 is 36.3 Å². The van der Waals surface area contributed by atoms with E-state index in [2.05, 4.69) is 0 Å². The molecule has 1 atom stereocenters. The third kappa shape index (κ3) is 6.98. The molecule has 4 rings (SSSR count). The zero-order valence-electron chi connectivity index (χ0n) is 22.2. The monoisotopic (exact) mass is 541 g/mol. The zero-order chi connectivity index (χ0) is 26.2. The second kappa shape index (κ2) is 14.0. The number of aliphatic hydroxyl groups is 1. The standard InChI is InChI=1S/C30H35NO6.ClH/c1-34-28-17-21(18-29(35-2)30(28)36-3)11-13-26(33)24-12-14-27(25-10-6-5-9-23(24)25)37-20-22(32)19-31-15-7-4-8-16-31;/h5-6,9-14,17-18,22,32H,4,7-8,15-16,19-20H2,1-3H3;1H/b13-11+;. The third-order valence-corrected chi connectivity index (χ3v) is 6.78. The molecule has 1 unspecified atom stereocenters. The van der Waals surface area contributed by atoms with E-state index in [1.807, 2.05) is 30.3 Å². The summed E-state index contributed by atoms with van der Waals surface area (Å²) >= 11 is 0. The molecule has 204 valence electrons. The topological polar surface area (TPSA) is 78.7 Å². The lowest BCUT2D eigenvalue weighted by molar-refractivity contribution is -0.908. The molecule has 8 heteroatoms. The van der Waals surface area contributed by atoms with Crippen LogP contribution >= 0.6 is 0 Å². The van der Waals surface area contributed by atoms with Gasteiger partial charge >= 0.3 is 0 Å². The summed E-state index contributed by atoms with van der Waals surface area (Å²) in [6, 6.07) is 14.8. The largest absolute Gasteiger partial charge is 1.00 e. The summed E-state index contributed by atoms with van der Waals surface area (Å²) < 4.78 is 22.2. The van der Waals surface area contributed by atoms with Crippen LogP contribution in [0.25, 0.3) is 16.8 Å². The van der Waals surface area contributed by atoms with Gasteiger partial charge in [-0.1, -0.05) is 30.3 Å². The fourth-order valence-corrected chi connectivity index (χ4v) is 4.91. The molecule has 0 saturated carbocycles. The van der Waals surface area contributed by atoms with Gasteiger partial charge in [0, 0.05) is 10.9 Å². The average molecular weight is 542 g/mol. The highest BCUT2D eigenvalue weighted by atomic mass is 35.5. The minimum atomic E-state index is -0.533. The number of quaternary nitrogens is 1. The number of fused-ring (bicyclic) bond motifs is 1. The Balaban J connectivity index is 0.00000400. The first-order chi connectivity index (χ1) is 18.0. The third-order valence-electron chi connectivity index (χ3n) is 6.78. The molecule has 1 aliphatic rings. The molecule has 3 aromatic rings. The number of halogens is 1. The summed E-state index contributed by atoms with van der Waals surface area (Å²) in [5, 5.41) is 12.2. The van der Waals surface area contributed by atoms with E-state index >= 15 is 0 Å². The minimum Gasteiger partial charge on any atom is -1.00 e. The molecule has 0 radical (unpaired) electrons. The van der Waals surface area contributed by atoms with E-state index in [4.69, 9.17) is 18.9 Å². The first kappa shape index (κ1) is 29.3. The van der Waals surface area contributed by atoms with Crippen LogP contribution in [0.1, 0.15) is 35.2 Å². The molecule has 3 aromatic carbocycles. The van der Waals surface area contributed by atoms with Crippen molar-refractivity contribution in [3.8, 4) is 23.0 Å². The van der Waals surface area contributed by atoms with Crippen LogP contribution in [0.2, 0.25) is 0 Å². The number of methoxy groups -OCH3 is 3. The number of carbonyl (C=O) groups excluding carboxylic acids is 1. The Morgan fingerprint density at radius 3 is 2.21 bits per heavy atom. The maximum absolute atomic E-state index is 13.2. The van der Waals surface area contributed by atoms with Gasteiger partial charge in [0.2, 0.25) is 5.75 Å². The number of benzene rings is 3. The number of rotatable bonds is 11. The second-order valence-electron chi connectivity index (χ2n) is 9.29. The molecule has 0 aromatic heterocycles. The van der Waals surface area contributed by atoms with Crippen molar-refractivity contribution in [3.63, 3.8) is 0 Å². The Bertz CT molecular complexity index is 1230. The summed E-state index contributed by atoms with van der Waals surface area (Å²) in [5.41, 5.74) is 1.32. The van der Waals surface area contributed by atoms with E-state index in [-0.39, 0.29) is 24.8 Å². The van der Waals surface area contributed by atoms with Gasteiger partial charge in [0.25, 0.3) is 0 Å². The Morgan fingerprint density at radius 1 is 0.921 bits per heavy atom. The van der Waals surface area contributed by atoms with Crippen molar-refractivity contribution < 1.29 is 46.2 Å². The van der Waals surface area contributed by atoms with Crippen molar-refractivity contribution in [1.82, 2.24) is 0 Å². The highest BCUT2D eigenvalue weighted by Gasteiger charge is 2.19. The lowest BCUT2D eigenvalue weighted by Crippen LogP contribution is -3.14. The second-order valence-corrected chi connectivity index (χ2v) is 9.29. The van der Waals surface area contributed by atoms with Gasteiger partial charge in [-0.15, -0.1) is 0 Å². The van der Waals surface area contributed by atoms with Crippen molar-refractivity contribution in [2.24, 2.45) is 0 Å². The van der Waals surface area contributed by atoms with E-state index in [0.717, 1.165) is 29.4 Å². The first-order valence-electron chi connectivity index (χ1n) is 12.7. The highest BCUT2D eigenvalue weighted by Crippen LogP contribution is 2.38. The van der Waals surface area contributed by atoms with Crippen LogP contribution in [0.5, 0.6) is 23.0 Å². The number of ether oxygens (including phenoxy) is 4. The molecular weight excluding hydrogens is 506 g/mol. The highest BCUT2D eigenvalue weighted by molar-refractivity contribution is 6.15. The molecule has 1 saturated heterocycles. The van der Waals surface area contributed by atoms with Crippen molar-refractivity contribution in [2.45, 2.75) is 25.4 Å². The quantitative estimate of drug-likeness (QED) is 0.273. The van der Waals surface area contributed by atoms with Gasteiger partial charge in [0.15, 0.2) is 17.3 Å². The number of likely N-dealkylation sites (tertiary alicyclic amines) is 1. The van der Waals surface area contributed by atoms with Gasteiger partial charge in [-0.25, -0.2) is 0 Å². The van der Waals surface area contributed by atoms with Crippen molar-refractivity contribution in [3.05, 3.63) is 65.7 Å². The molecule has 1 fully saturated rings. The van der Waals surface area contributed by atoms with Gasteiger partial charge in [-0.05, 0) is 60.6 Å². The summed E-state index contributed by atoms with van der Waals surface area (Å²) in [4.78, 5) is 14.6. The number of carbonyl (C=O) groups is 1. The number of aliphatic hydroxyl groups excluding tert-OH is 1. The Labute approximate surface area is 230 Å². The molecule has 38 heavy (non-hydrogen) atoms. The molecule has 2 N–H and O–H groups in total. The van der Waals surface area contributed by atoms with Gasteiger partial charge in [0.05, 0.1) is 34.4 Å². The Kier molecular flexibility index (Phi) is 10.8. The number of ketones is 1. The smallest absolute Gasteiger partial charge is 0.203 e. The molecule has 0 bridgehead atoms. The van der Waals surface area contributed by atoms with Gasteiger partial charge in [0.1, 0.15) is 25.0 Å². The summed E-state index contributed by atoms with van der Waals surface area (Å²) in [6.45, 7) is 3.14. The van der Waals surface area contributed by atoms with E-state index in [9.17, 15) is 9.90 Å². The summed E-state index contributed by atoms with van der Waals surface area (Å²) in [6.07, 6.45) is 6.45. The van der Waals surface area contributed by atoms with Gasteiger partial charge < -0.3 is 41.4 Å². The predicted molar refractivity (Wildman–Crippen MR) is 144 cm³/mol. The molecule has 0 amide bonds. The SMILES string of the molecule is COc1cc(/C=C/C(=O)c2ccc(OCC(O)C[NH+]3CCCCC3)c3ccccc23)cc(OC)c1OC.[Cl-]. The molecule has 0 aliphatic carbocycles. The number of piperidine rings is 1. The molecular formula is C30H36ClNO6. The van der Waals surface area contributed by atoms with Crippen molar-refractivity contribution in [2.75, 3.05) is 47.6 Å². The maximum Gasteiger partial charge on any atom is 0.203 e. The van der Waals surface area contributed by atoms with Crippen LogP contribution in [-0.2, 0) is 0 Å². The molecule has 0 spiro atoms. The number of hydrogen-bond donors (Lipinski definition) is 2. The van der Waals surface area contributed by atoms with Crippen LogP contribution in [0.4, 0.5) is 0 Å². The van der Waals surface area contributed by atoms with E-state index in [1.165, 1.54) is 30.2 Å². The van der Waals surface area contributed by atoms with E-state index in [0.29, 0.717) is 35.1 Å². The number of allylic oxidation sites excluding steroid dienone is 1.